The number of hydrogen-bond acceptors (Lipinski definition) is 0. The van der Waals surface area contributed by atoms with Crippen molar-refractivity contribution < 1.29 is 13.2 Å². The van der Waals surface area contributed by atoms with Crippen molar-refractivity contribution >= 4 is 0 Å². The van der Waals surface area contributed by atoms with Crippen molar-refractivity contribution in [2.75, 3.05) is 0 Å². The highest BCUT2D eigenvalue weighted by Crippen LogP contribution is 2.19. The first-order valence-electron chi connectivity index (χ1n) is 5.78. The summed E-state index contributed by atoms with van der Waals surface area (Å²) in [4.78, 5) is 0. The van der Waals surface area contributed by atoms with Crippen molar-refractivity contribution in [2.24, 2.45) is 0 Å². The third-order valence-corrected chi connectivity index (χ3v) is 2.24. The van der Waals surface area contributed by atoms with Gasteiger partial charge in [0.25, 0.3) is 0 Å². The molecule has 0 nitrogen and oxygen atoms in total. The van der Waals surface area contributed by atoms with Crippen LogP contribution in [0.1, 0.15) is 58.3 Å². The van der Waals surface area contributed by atoms with Gasteiger partial charge in [-0.2, -0.15) is 13.2 Å². The zero-order chi connectivity index (χ0) is 11.6. The van der Waals surface area contributed by atoms with Gasteiger partial charge in [0.2, 0.25) is 0 Å². The van der Waals surface area contributed by atoms with E-state index >= 15 is 0 Å². The van der Waals surface area contributed by atoms with Crippen LogP contribution >= 0.6 is 0 Å². The molecule has 0 saturated heterocycles. The van der Waals surface area contributed by atoms with Gasteiger partial charge in [-0.3, -0.25) is 0 Å². The largest absolute Gasteiger partial charge is 0.392 e. The van der Waals surface area contributed by atoms with Gasteiger partial charge in [0, 0.05) is 0 Å². The average molecular weight is 222 g/mol. The fourth-order valence-electron chi connectivity index (χ4n) is 1.38. The maximum absolute atomic E-state index is 11.7. The molecule has 0 radical (unpaired) electrons. The summed E-state index contributed by atoms with van der Waals surface area (Å²) in [5.74, 6) is 0. The number of hydrogen-bond donors (Lipinski definition) is 0. The van der Waals surface area contributed by atoms with E-state index in [0.29, 0.717) is 0 Å². The summed E-state index contributed by atoms with van der Waals surface area (Å²) in [7, 11) is 0. The van der Waals surface area contributed by atoms with Crippen LogP contribution in [0.3, 0.4) is 0 Å². The van der Waals surface area contributed by atoms with Gasteiger partial charge < -0.3 is 0 Å². The van der Waals surface area contributed by atoms with Crippen molar-refractivity contribution in [1.29, 1.82) is 0 Å². The molecular weight excluding hydrogens is 201 g/mol. The lowest BCUT2D eigenvalue weighted by Gasteiger charge is -2.00. The molecule has 0 rings (SSSR count). The minimum absolute atomic E-state index is 0.780. The number of halogens is 3. The lowest BCUT2D eigenvalue weighted by Crippen LogP contribution is -2.03. The first-order valence-corrected chi connectivity index (χ1v) is 5.78. The predicted molar refractivity (Wildman–Crippen MR) is 57.8 cm³/mol. The van der Waals surface area contributed by atoms with Crippen LogP contribution in [0.15, 0.2) is 12.2 Å². The van der Waals surface area contributed by atoms with Crippen LogP contribution in [0.2, 0.25) is 0 Å². The molecule has 0 amide bonds. The smallest absolute Gasteiger partial charge is 0.171 e. The molecular formula is C12H21F3. The molecule has 0 spiro atoms. The van der Waals surface area contributed by atoms with Crippen LogP contribution in [-0.4, -0.2) is 6.18 Å². The Balaban J connectivity index is 3.17. The monoisotopic (exact) mass is 222 g/mol. The summed E-state index contributed by atoms with van der Waals surface area (Å²) in [6, 6.07) is 0. The van der Waals surface area contributed by atoms with Crippen molar-refractivity contribution in [3.8, 4) is 0 Å². The summed E-state index contributed by atoms with van der Waals surface area (Å²) >= 11 is 0. The van der Waals surface area contributed by atoms with E-state index in [0.717, 1.165) is 19.3 Å². The van der Waals surface area contributed by atoms with Crippen molar-refractivity contribution in [3.63, 3.8) is 0 Å². The van der Waals surface area contributed by atoms with Gasteiger partial charge in [0.05, 0.1) is 6.42 Å². The summed E-state index contributed by atoms with van der Waals surface area (Å²) in [6.07, 6.45) is 5.93. The van der Waals surface area contributed by atoms with Crippen molar-refractivity contribution in [3.05, 3.63) is 12.2 Å². The summed E-state index contributed by atoms with van der Waals surface area (Å²) in [5.41, 5.74) is 0. The van der Waals surface area contributed by atoms with Crippen LogP contribution < -0.4 is 0 Å². The predicted octanol–water partition coefficient (Wildman–Crippen LogP) is 5.25. The van der Waals surface area contributed by atoms with E-state index in [1.165, 1.54) is 31.8 Å². The molecule has 0 aromatic carbocycles. The zero-order valence-electron chi connectivity index (χ0n) is 9.45. The van der Waals surface area contributed by atoms with Gasteiger partial charge in [-0.25, -0.2) is 0 Å². The third kappa shape index (κ3) is 13.5. The van der Waals surface area contributed by atoms with Crippen molar-refractivity contribution in [2.45, 2.75) is 64.5 Å². The summed E-state index contributed by atoms with van der Waals surface area (Å²) < 4.78 is 35.2. The van der Waals surface area contributed by atoms with Gasteiger partial charge in [-0.1, -0.05) is 51.2 Å². The number of unbranched alkanes of at least 4 members (excludes halogenated alkanes) is 6. The molecule has 0 heterocycles. The second kappa shape index (κ2) is 8.81. The summed E-state index contributed by atoms with van der Waals surface area (Å²) in [5, 5.41) is 0. The minimum Gasteiger partial charge on any atom is -0.171 e. The first kappa shape index (κ1) is 14.5. The van der Waals surface area contributed by atoms with Crippen LogP contribution in [0.5, 0.6) is 0 Å². The van der Waals surface area contributed by atoms with Gasteiger partial charge >= 0.3 is 6.18 Å². The second-order valence-corrected chi connectivity index (χ2v) is 3.85. The highest BCUT2D eigenvalue weighted by molar-refractivity contribution is 4.83. The van der Waals surface area contributed by atoms with Gasteiger partial charge in [0.1, 0.15) is 0 Å². The Morgan fingerprint density at radius 2 is 1.47 bits per heavy atom. The number of rotatable bonds is 8. The van der Waals surface area contributed by atoms with E-state index < -0.39 is 12.6 Å². The maximum atomic E-state index is 11.7. The minimum atomic E-state index is -4.04. The summed E-state index contributed by atoms with van der Waals surface area (Å²) in [6.45, 7) is 2.17. The molecule has 0 aliphatic carbocycles. The van der Waals surface area contributed by atoms with Crippen LogP contribution in [-0.2, 0) is 0 Å². The van der Waals surface area contributed by atoms with E-state index in [-0.39, 0.29) is 0 Å². The van der Waals surface area contributed by atoms with E-state index in [1.807, 2.05) is 0 Å². The fourth-order valence-corrected chi connectivity index (χ4v) is 1.38. The highest BCUT2D eigenvalue weighted by Gasteiger charge is 2.24. The normalized spacial score (nSPS) is 12.5. The SMILES string of the molecule is CCCCCCCCC=CCC(F)(F)F. The van der Waals surface area contributed by atoms with E-state index in [2.05, 4.69) is 6.92 Å². The van der Waals surface area contributed by atoms with Crippen LogP contribution in [0.4, 0.5) is 13.2 Å². The Kier molecular flexibility index (Phi) is 8.53. The molecule has 0 bridgehead atoms. The molecule has 0 saturated carbocycles. The number of allylic oxidation sites excluding steroid dienone is 2. The fraction of sp³-hybridized carbons (Fsp3) is 0.833. The van der Waals surface area contributed by atoms with E-state index in [1.54, 1.807) is 6.08 Å². The lowest BCUT2D eigenvalue weighted by molar-refractivity contribution is -0.125. The molecule has 3 heteroatoms. The molecule has 0 aliphatic rings. The van der Waals surface area contributed by atoms with Gasteiger partial charge in [0.15, 0.2) is 0 Å². The Bertz CT molecular complexity index is 159. The molecule has 0 aromatic heterocycles. The molecule has 90 valence electrons. The molecule has 15 heavy (non-hydrogen) atoms. The topological polar surface area (TPSA) is 0 Å². The molecule has 0 aromatic rings. The van der Waals surface area contributed by atoms with Crippen LogP contribution in [0.25, 0.3) is 0 Å². The van der Waals surface area contributed by atoms with Crippen molar-refractivity contribution in [1.82, 2.24) is 0 Å². The zero-order valence-corrected chi connectivity index (χ0v) is 9.45. The van der Waals surface area contributed by atoms with Gasteiger partial charge in [-0.05, 0) is 12.8 Å². The Morgan fingerprint density at radius 1 is 0.867 bits per heavy atom. The second-order valence-electron chi connectivity index (χ2n) is 3.85. The standard InChI is InChI=1S/C12H21F3/c1-2-3-4-5-6-7-8-9-10-11-12(13,14)15/h9-10H,2-8,11H2,1H3. The van der Waals surface area contributed by atoms with Crippen LogP contribution in [0, 0.1) is 0 Å². The van der Waals surface area contributed by atoms with E-state index in [9.17, 15) is 13.2 Å². The van der Waals surface area contributed by atoms with Gasteiger partial charge in [-0.15, -0.1) is 0 Å². The number of alkyl halides is 3. The average Bonchev–Trinajstić information content (AvgIpc) is 2.14. The molecule has 0 unspecified atom stereocenters. The Labute approximate surface area is 90.6 Å². The quantitative estimate of drug-likeness (QED) is 0.389. The lowest BCUT2D eigenvalue weighted by atomic mass is 10.1. The first-order chi connectivity index (χ1) is 7.06. The molecule has 0 atom stereocenters. The molecule has 0 aliphatic heterocycles. The third-order valence-electron chi connectivity index (χ3n) is 2.24. The van der Waals surface area contributed by atoms with E-state index in [4.69, 9.17) is 0 Å². The maximum Gasteiger partial charge on any atom is 0.392 e. The molecule has 0 fully saturated rings. The molecule has 0 N–H and O–H groups in total. The highest BCUT2D eigenvalue weighted by atomic mass is 19.4. The Morgan fingerprint density at radius 3 is 2.07 bits per heavy atom. The Hall–Kier alpha value is -0.470.